The number of benzene rings is 2. The zero-order valence-electron chi connectivity index (χ0n) is 28.3. The highest BCUT2D eigenvalue weighted by Crippen LogP contribution is 2.55. The Labute approximate surface area is 277 Å². The highest BCUT2D eigenvalue weighted by molar-refractivity contribution is 6.09. The SMILES string of the molecule is CC[C@H]1CN2CC[C@]3(C(=O)N(CCCCCCOC(=O)c4ccc(OC)c(OC)c4)c4ccccc43)C2C[C@@H]1/C(=C\OC)C(=O)OC. The minimum Gasteiger partial charge on any atom is -0.504 e. The van der Waals surface area contributed by atoms with Crippen LogP contribution in [0, 0.1) is 11.8 Å². The van der Waals surface area contributed by atoms with E-state index in [9.17, 15) is 14.4 Å². The van der Waals surface area contributed by atoms with Gasteiger partial charge in [-0.3, -0.25) is 9.69 Å². The quantitative estimate of drug-likeness (QED) is 0.113. The molecule has 4 atom stereocenters. The van der Waals surface area contributed by atoms with Crippen molar-refractivity contribution in [1.82, 2.24) is 4.90 Å². The topological polar surface area (TPSA) is 104 Å². The van der Waals surface area contributed by atoms with Crippen LogP contribution < -0.4 is 14.4 Å². The third kappa shape index (κ3) is 6.57. The Balaban J connectivity index is 1.20. The minimum absolute atomic E-state index is 0.0146. The molecule has 2 aromatic carbocycles. The molecule has 0 N–H and O–H groups in total. The van der Waals surface area contributed by atoms with E-state index in [4.69, 9.17) is 23.7 Å². The van der Waals surface area contributed by atoms with Gasteiger partial charge < -0.3 is 28.6 Å². The second-order valence-electron chi connectivity index (χ2n) is 12.6. The molecule has 10 heteroatoms. The summed E-state index contributed by atoms with van der Waals surface area (Å²) < 4.78 is 26.5. The number of nitrogens with zero attached hydrogens (tertiary/aromatic N) is 2. The van der Waals surface area contributed by atoms with Crippen molar-refractivity contribution in [3.05, 3.63) is 65.4 Å². The Hall–Kier alpha value is -4.05. The number of hydrogen-bond donors (Lipinski definition) is 0. The fourth-order valence-corrected chi connectivity index (χ4v) is 7.98. The van der Waals surface area contributed by atoms with Gasteiger partial charge >= 0.3 is 11.9 Å². The number of hydrogen-bond acceptors (Lipinski definition) is 9. The number of carbonyl (C=O) groups is 3. The van der Waals surface area contributed by atoms with Crippen LogP contribution in [0.2, 0.25) is 0 Å². The third-order valence-corrected chi connectivity index (χ3v) is 10.3. The molecule has 3 aliphatic heterocycles. The molecule has 0 aliphatic carbocycles. The standard InChI is InChI=1S/C37H48N2O8/c1-6-25-23-38-19-17-37(33(38)22-27(25)28(24-43-2)35(41)46-5)29-13-9-10-14-30(29)39(36(37)42)18-11-7-8-12-20-47-34(40)26-15-16-31(44-3)32(21-26)45-4/h9-10,13-16,21,24-25,27,33H,6-8,11-12,17-20,22-23H2,1-5H3/b28-24+/t25-,27-,33?,37+/m0/s1. The van der Waals surface area contributed by atoms with Crippen LogP contribution in [0.15, 0.2) is 54.3 Å². The normalized spacial score (nSPS) is 23.8. The third-order valence-electron chi connectivity index (χ3n) is 10.3. The van der Waals surface area contributed by atoms with Gasteiger partial charge in [-0.2, -0.15) is 0 Å². The van der Waals surface area contributed by atoms with Gasteiger partial charge in [-0.15, -0.1) is 0 Å². The Morgan fingerprint density at radius 3 is 2.47 bits per heavy atom. The number of amides is 1. The van der Waals surface area contributed by atoms with Crippen molar-refractivity contribution < 1.29 is 38.1 Å². The lowest BCUT2D eigenvalue weighted by atomic mass is 9.67. The average molecular weight is 649 g/mol. The van der Waals surface area contributed by atoms with Crippen molar-refractivity contribution in [1.29, 1.82) is 0 Å². The molecule has 1 unspecified atom stereocenters. The average Bonchev–Trinajstić information content (AvgIpc) is 3.60. The van der Waals surface area contributed by atoms with E-state index in [1.807, 2.05) is 17.0 Å². The van der Waals surface area contributed by atoms with E-state index in [2.05, 4.69) is 24.0 Å². The number of esters is 2. The number of rotatable bonds is 14. The molecule has 0 bridgehead atoms. The van der Waals surface area contributed by atoms with Crippen LogP contribution in [-0.4, -0.2) is 83.5 Å². The molecule has 0 aromatic heterocycles. The van der Waals surface area contributed by atoms with Gasteiger partial charge in [-0.05, 0) is 80.3 Å². The number of anilines is 1. The lowest BCUT2D eigenvalue weighted by Gasteiger charge is -2.45. The summed E-state index contributed by atoms with van der Waals surface area (Å²) in [5.41, 5.74) is 2.43. The van der Waals surface area contributed by atoms with Crippen LogP contribution in [0.5, 0.6) is 11.5 Å². The molecule has 1 amide bonds. The number of ether oxygens (including phenoxy) is 5. The number of fused-ring (bicyclic) bond motifs is 4. The van der Waals surface area contributed by atoms with E-state index in [0.29, 0.717) is 42.2 Å². The highest BCUT2D eigenvalue weighted by Gasteiger charge is 2.62. The lowest BCUT2D eigenvalue weighted by molar-refractivity contribution is -0.137. The van der Waals surface area contributed by atoms with Crippen LogP contribution in [0.25, 0.3) is 0 Å². The maximum Gasteiger partial charge on any atom is 0.338 e. The summed E-state index contributed by atoms with van der Waals surface area (Å²) >= 11 is 0. The van der Waals surface area contributed by atoms with Gasteiger partial charge in [-0.25, -0.2) is 9.59 Å². The molecule has 0 saturated carbocycles. The molecule has 2 aromatic rings. The lowest BCUT2D eigenvalue weighted by Crippen LogP contribution is -2.55. The molecule has 2 fully saturated rings. The van der Waals surface area contributed by atoms with Gasteiger partial charge in [0.2, 0.25) is 5.91 Å². The largest absolute Gasteiger partial charge is 0.504 e. The van der Waals surface area contributed by atoms with E-state index in [1.165, 1.54) is 20.5 Å². The molecule has 1 spiro atoms. The first-order valence-corrected chi connectivity index (χ1v) is 16.7. The summed E-state index contributed by atoms with van der Waals surface area (Å²) in [6.45, 7) is 4.80. The molecule has 5 rings (SSSR count). The van der Waals surface area contributed by atoms with Crippen molar-refractivity contribution >= 4 is 23.5 Å². The molecular formula is C37H48N2O8. The number of para-hydroxylation sites is 1. The monoisotopic (exact) mass is 648 g/mol. The summed E-state index contributed by atoms with van der Waals surface area (Å²) in [5, 5.41) is 0. The summed E-state index contributed by atoms with van der Waals surface area (Å²) in [6.07, 6.45) is 7.29. The molecule has 254 valence electrons. The molecule has 10 nitrogen and oxygen atoms in total. The minimum atomic E-state index is -0.639. The maximum atomic E-state index is 14.5. The van der Waals surface area contributed by atoms with Gasteiger partial charge in [0.25, 0.3) is 0 Å². The smallest absolute Gasteiger partial charge is 0.338 e. The van der Waals surface area contributed by atoms with E-state index in [-0.39, 0.29) is 29.8 Å². The number of carbonyl (C=O) groups excluding carboxylic acids is 3. The Morgan fingerprint density at radius 1 is 0.979 bits per heavy atom. The van der Waals surface area contributed by atoms with Gasteiger partial charge in [0.05, 0.1) is 57.9 Å². The molecule has 3 aliphatic rings. The number of methoxy groups -OCH3 is 4. The first-order valence-electron chi connectivity index (χ1n) is 16.7. The molecule has 3 heterocycles. The molecule has 0 radical (unpaired) electrons. The van der Waals surface area contributed by atoms with E-state index in [1.54, 1.807) is 32.4 Å². The van der Waals surface area contributed by atoms with Crippen LogP contribution in [0.4, 0.5) is 5.69 Å². The van der Waals surface area contributed by atoms with Gasteiger partial charge in [0, 0.05) is 24.8 Å². The summed E-state index contributed by atoms with van der Waals surface area (Å²) in [5.74, 6) is 0.647. The summed E-state index contributed by atoms with van der Waals surface area (Å²) in [7, 11) is 6.03. The number of unbranched alkanes of at least 4 members (excludes halogenated alkanes) is 3. The highest BCUT2D eigenvalue weighted by atomic mass is 16.5. The van der Waals surface area contributed by atoms with Crippen LogP contribution in [-0.2, 0) is 29.2 Å². The molecule has 47 heavy (non-hydrogen) atoms. The second-order valence-corrected chi connectivity index (χ2v) is 12.6. The van der Waals surface area contributed by atoms with Crippen molar-refractivity contribution in [2.24, 2.45) is 11.8 Å². The van der Waals surface area contributed by atoms with Crippen molar-refractivity contribution in [2.75, 3.05) is 59.6 Å². The van der Waals surface area contributed by atoms with Gasteiger partial charge in [0.15, 0.2) is 11.5 Å². The zero-order valence-corrected chi connectivity index (χ0v) is 28.3. The Morgan fingerprint density at radius 2 is 1.74 bits per heavy atom. The first-order chi connectivity index (χ1) is 22.8. The fourth-order valence-electron chi connectivity index (χ4n) is 7.98. The fraction of sp³-hybridized carbons (Fsp3) is 0.541. The van der Waals surface area contributed by atoms with E-state index in [0.717, 1.165) is 62.9 Å². The van der Waals surface area contributed by atoms with Gasteiger partial charge in [0.1, 0.15) is 0 Å². The molecular weight excluding hydrogens is 600 g/mol. The second kappa shape index (κ2) is 15.2. The summed E-state index contributed by atoms with van der Waals surface area (Å²) in [4.78, 5) is 44.4. The van der Waals surface area contributed by atoms with Crippen LogP contribution in [0.1, 0.15) is 67.8 Å². The first kappa shape index (κ1) is 34.3. The van der Waals surface area contributed by atoms with E-state index >= 15 is 0 Å². The summed E-state index contributed by atoms with van der Waals surface area (Å²) in [6, 6.07) is 13.2. The Bertz CT molecular complexity index is 1470. The molecule has 2 saturated heterocycles. The maximum absolute atomic E-state index is 14.5. The number of piperidine rings is 1. The van der Waals surface area contributed by atoms with Crippen molar-refractivity contribution in [3.8, 4) is 11.5 Å². The van der Waals surface area contributed by atoms with Crippen molar-refractivity contribution in [2.45, 2.75) is 63.3 Å². The predicted octanol–water partition coefficient (Wildman–Crippen LogP) is 5.53. The van der Waals surface area contributed by atoms with Crippen LogP contribution >= 0.6 is 0 Å². The van der Waals surface area contributed by atoms with Crippen molar-refractivity contribution in [3.63, 3.8) is 0 Å². The van der Waals surface area contributed by atoms with E-state index < -0.39 is 11.4 Å². The Kier molecular flexibility index (Phi) is 11.1. The predicted molar refractivity (Wildman–Crippen MR) is 178 cm³/mol. The van der Waals surface area contributed by atoms with Crippen LogP contribution in [0.3, 0.4) is 0 Å². The van der Waals surface area contributed by atoms with Gasteiger partial charge in [-0.1, -0.05) is 38.0 Å². The zero-order chi connectivity index (χ0) is 33.6.